The van der Waals surface area contributed by atoms with E-state index < -0.39 is 17.2 Å². The van der Waals surface area contributed by atoms with Gasteiger partial charge in [-0.3, -0.25) is 24.1 Å². The average molecular weight is 564 g/mol. The van der Waals surface area contributed by atoms with Gasteiger partial charge in [0.15, 0.2) is 0 Å². The Labute approximate surface area is 236 Å². The van der Waals surface area contributed by atoms with E-state index in [4.69, 9.17) is 4.74 Å². The number of anilines is 1. The van der Waals surface area contributed by atoms with Gasteiger partial charge in [0.25, 0.3) is 5.91 Å². The number of carbonyl (C=O) groups is 3. The van der Waals surface area contributed by atoms with Crippen molar-refractivity contribution in [2.75, 3.05) is 57.4 Å². The van der Waals surface area contributed by atoms with Crippen molar-refractivity contribution in [1.82, 2.24) is 20.1 Å². The van der Waals surface area contributed by atoms with Gasteiger partial charge in [0.05, 0.1) is 42.8 Å². The van der Waals surface area contributed by atoms with Gasteiger partial charge in [-0.2, -0.15) is 0 Å². The fourth-order valence-corrected chi connectivity index (χ4v) is 7.10. The van der Waals surface area contributed by atoms with Gasteiger partial charge in [-0.15, -0.1) is 0 Å². The predicted molar refractivity (Wildman–Crippen MR) is 149 cm³/mol. The number of amides is 3. The molecule has 3 amide bonds. The second kappa shape index (κ2) is 10.4. The molecular weight excluding hydrogens is 529 g/mol. The van der Waals surface area contributed by atoms with Crippen LogP contribution in [0.5, 0.6) is 0 Å². The molecule has 7 rings (SSSR count). The van der Waals surface area contributed by atoms with Gasteiger partial charge in [0, 0.05) is 50.3 Å². The molecule has 11 heteroatoms. The first kappa shape index (κ1) is 26.3. The maximum Gasteiger partial charge on any atom is 0.256 e. The third kappa shape index (κ3) is 4.55. The number of hydrogen-bond donors (Lipinski definition) is 2. The number of carbonyl (C=O) groups excluding carboxylic acids is 3. The zero-order valence-electron chi connectivity index (χ0n) is 22.8. The Morgan fingerprint density at radius 2 is 1.73 bits per heavy atom. The molecule has 2 aromatic rings. The highest BCUT2D eigenvalue weighted by atomic mass is 19.1. The van der Waals surface area contributed by atoms with E-state index >= 15 is 4.39 Å². The molecule has 2 aliphatic heterocycles. The molecule has 10 nitrogen and oxygen atoms in total. The van der Waals surface area contributed by atoms with Crippen molar-refractivity contribution in [2.24, 2.45) is 23.7 Å². The summed E-state index contributed by atoms with van der Waals surface area (Å²) in [5.41, 5.74) is 0.598. The molecule has 4 atom stereocenters. The molecule has 2 saturated carbocycles. The Morgan fingerprint density at radius 3 is 2.41 bits per heavy atom. The Bertz CT molecular complexity index is 1480. The number of pyridine rings is 1. The Morgan fingerprint density at radius 1 is 1.02 bits per heavy atom. The van der Waals surface area contributed by atoms with Crippen molar-refractivity contribution in [2.45, 2.75) is 25.3 Å². The SMILES string of the molecule is O=C(NCCOCCN1C(=O)[C@@H]2C3C=CC(C3)[C@@H]2C1=O)c1cn(C2CC2)c2cc(N3CCNCC3)c(F)cc2c1=O. The van der Waals surface area contributed by atoms with E-state index in [1.807, 2.05) is 9.47 Å². The standard InChI is InChI=1S/C30H34FN5O5/c31-22-14-20-23(15-24(22)34-8-5-32-6-9-34)36(19-3-4-19)16-21(27(20)37)28(38)33-7-11-41-12-10-35-29(39)25-17-1-2-18(13-17)26(25)30(35)40/h1-2,14-19,25-26,32H,3-13H2,(H,33,38)/t17?,18?,25-,26+. The van der Waals surface area contributed by atoms with Crippen LogP contribution >= 0.6 is 0 Å². The van der Waals surface area contributed by atoms with Crippen LogP contribution in [0, 0.1) is 29.5 Å². The lowest BCUT2D eigenvalue weighted by Gasteiger charge is -2.30. The lowest BCUT2D eigenvalue weighted by molar-refractivity contribution is -0.141. The number of imide groups is 1. The topological polar surface area (TPSA) is 113 Å². The second-order valence-electron chi connectivity index (χ2n) is 11.8. The number of nitrogens with zero attached hydrogens (tertiary/aromatic N) is 3. The van der Waals surface area contributed by atoms with Crippen LogP contribution in [0.4, 0.5) is 10.1 Å². The molecule has 5 aliphatic rings. The van der Waals surface area contributed by atoms with Gasteiger partial charge >= 0.3 is 0 Å². The van der Waals surface area contributed by atoms with Crippen LogP contribution in [0.25, 0.3) is 10.9 Å². The number of hydrogen-bond acceptors (Lipinski definition) is 7. The maximum absolute atomic E-state index is 15.2. The lowest BCUT2D eigenvalue weighted by Crippen LogP contribution is -2.44. The number of fused-ring (bicyclic) bond motifs is 6. The Kier molecular flexibility index (Phi) is 6.66. The van der Waals surface area contributed by atoms with Crippen LogP contribution < -0.4 is 21.0 Å². The van der Waals surface area contributed by atoms with Gasteiger partial charge in [-0.1, -0.05) is 12.2 Å². The fourth-order valence-electron chi connectivity index (χ4n) is 7.10. The fraction of sp³-hybridized carbons (Fsp3) is 0.533. The summed E-state index contributed by atoms with van der Waals surface area (Å²) < 4.78 is 22.7. The van der Waals surface area contributed by atoms with Gasteiger partial charge in [-0.05, 0) is 43.2 Å². The lowest BCUT2D eigenvalue weighted by atomic mass is 9.85. The zero-order valence-corrected chi connectivity index (χ0v) is 22.8. The van der Waals surface area contributed by atoms with Crippen molar-refractivity contribution in [3.05, 3.63) is 52.1 Å². The van der Waals surface area contributed by atoms with E-state index in [0.29, 0.717) is 24.3 Å². The highest BCUT2D eigenvalue weighted by Gasteiger charge is 2.59. The van der Waals surface area contributed by atoms with E-state index in [1.165, 1.54) is 11.0 Å². The van der Waals surface area contributed by atoms with E-state index in [2.05, 4.69) is 22.8 Å². The number of likely N-dealkylation sites (tertiary alicyclic amines) is 1. The molecule has 3 heterocycles. The number of ether oxygens (including phenoxy) is 1. The molecule has 2 N–H and O–H groups in total. The maximum atomic E-state index is 15.2. The highest BCUT2D eigenvalue weighted by Crippen LogP contribution is 2.52. The highest BCUT2D eigenvalue weighted by molar-refractivity contribution is 6.06. The smallest absolute Gasteiger partial charge is 0.256 e. The van der Waals surface area contributed by atoms with Gasteiger partial charge in [-0.25, -0.2) is 4.39 Å². The number of piperazine rings is 1. The van der Waals surface area contributed by atoms with Crippen LogP contribution in [-0.4, -0.2) is 79.7 Å². The van der Waals surface area contributed by atoms with E-state index in [1.54, 1.807) is 12.3 Å². The summed E-state index contributed by atoms with van der Waals surface area (Å²) >= 11 is 0. The van der Waals surface area contributed by atoms with E-state index in [9.17, 15) is 19.2 Å². The molecule has 216 valence electrons. The van der Waals surface area contributed by atoms with Crippen molar-refractivity contribution in [3.63, 3.8) is 0 Å². The first-order valence-corrected chi connectivity index (χ1v) is 14.7. The molecular formula is C30H34FN5O5. The summed E-state index contributed by atoms with van der Waals surface area (Å²) in [5.74, 6) is -1.31. The molecule has 1 aromatic carbocycles. The van der Waals surface area contributed by atoms with Crippen molar-refractivity contribution < 1.29 is 23.5 Å². The van der Waals surface area contributed by atoms with Gasteiger partial charge in [0.2, 0.25) is 17.2 Å². The molecule has 1 aromatic heterocycles. The van der Waals surface area contributed by atoms with Crippen LogP contribution in [0.15, 0.2) is 35.3 Å². The van der Waals surface area contributed by atoms with Crippen LogP contribution in [0.1, 0.15) is 35.7 Å². The van der Waals surface area contributed by atoms with Crippen LogP contribution in [0.3, 0.4) is 0 Å². The first-order chi connectivity index (χ1) is 19.9. The molecule has 2 unspecified atom stereocenters. The minimum absolute atomic E-state index is 0.0261. The summed E-state index contributed by atoms with van der Waals surface area (Å²) in [5, 5.41) is 6.19. The number of halogens is 1. The normalized spacial score (nSPS) is 26.9. The molecule has 0 spiro atoms. The van der Waals surface area contributed by atoms with Gasteiger partial charge in [0.1, 0.15) is 11.4 Å². The molecule has 41 heavy (non-hydrogen) atoms. The Balaban J connectivity index is 0.976. The van der Waals surface area contributed by atoms with Crippen molar-refractivity contribution >= 4 is 34.3 Å². The summed E-state index contributed by atoms with van der Waals surface area (Å²) in [7, 11) is 0. The van der Waals surface area contributed by atoms with E-state index in [0.717, 1.165) is 32.4 Å². The summed E-state index contributed by atoms with van der Waals surface area (Å²) in [6.07, 6.45) is 8.50. The zero-order chi connectivity index (χ0) is 28.2. The first-order valence-electron chi connectivity index (χ1n) is 14.7. The number of benzene rings is 1. The molecule has 0 radical (unpaired) electrons. The predicted octanol–water partition coefficient (Wildman–Crippen LogP) is 1.44. The summed E-state index contributed by atoms with van der Waals surface area (Å²) in [6, 6.07) is 3.19. The number of rotatable bonds is 9. The second-order valence-corrected chi connectivity index (χ2v) is 11.8. The van der Waals surface area contributed by atoms with Crippen molar-refractivity contribution in [1.29, 1.82) is 0 Å². The summed E-state index contributed by atoms with van der Waals surface area (Å²) in [4.78, 5) is 55.2. The quantitative estimate of drug-likeness (QED) is 0.270. The largest absolute Gasteiger partial charge is 0.378 e. The Hall–Kier alpha value is -3.57. The molecule has 2 bridgehead atoms. The number of allylic oxidation sites excluding steroid dienone is 2. The van der Waals surface area contributed by atoms with Gasteiger partial charge < -0.3 is 24.8 Å². The molecule has 4 fully saturated rings. The third-order valence-corrected chi connectivity index (χ3v) is 9.30. The molecule has 3 aliphatic carbocycles. The summed E-state index contributed by atoms with van der Waals surface area (Å²) in [6.45, 7) is 3.58. The minimum Gasteiger partial charge on any atom is -0.378 e. The number of aromatic nitrogens is 1. The monoisotopic (exact) mass is 563 g/mol. The van der Waals surface area contributed by atoms with E-state index in [-0.39, 0.29) is 78.8 Å². The minimum atomic E-state index is -0.540. The average Bonchev–Trinajstić information content (AvgIpc) is 3.53. The van der Waals surface area contributed by atoms with Crippen molar-refractivity contribution in [3.8, 4) is 0 Å². The van der Waals surface area contributed by atoms with Crippen LogP contribution in [-0.2, 0) is 14.3 Å². The van der Waals surface area contributed by atoms with Crippen LogP contribution in [0.2, 0.25) is 0 Å². The third-order valence-electron chi connectivity index (χ3n) is 9.30. The molecule has 2 saturated heterocycles. The number of nitrogens with one attached hydrogen (secondary N) is 2.